The summed E-state index contributed by atoms with van der Waals surface area (Å²) in [6.07, 6.45) is 12.2. The van der Waals surface area contributed by atoms with Crippen molar-refractivity contribution in [3.63, 3.8) is 0 Å². The number of aromatic nitrogens is 2. The minimum Gasteiger partial charge on any atom is -0.387 e. The maximum atomic E-state index is 10.8. The van der Waals surface area contributed by atoms with E-state index in [2.05, 4.69) is 29.8 Å². The van der Waals surface area contributed by atoms with Crippen LogP contribution in [-0.2, 0) is 6.54 Å². The second-order valence-corrected chi connectivity index (χ2v) is 9.24. The van der Waals surface area contributed by atoms with Crippen molar-refractivity contribution in [1.82, 2.24) is 9.55 Å². The third-order valence-electron chi connectivity index (χ3n) is 5.59. The molecule has 3 aromatic rings. The highest BCUT2D eigenvalue weighted by Crippen LogP contribution is 2.27. The van der Waals surface area contributed by atoms with Crippen LogP contribution in [0.25, 0.3) is 11.3 Å². The van der Waals surface area contributed by atoms with E-state index in [1.807, 2.05) is 60.3 Å². The Morgan fingerprint density at radius 2 is 1.45 bits per heavy atom. The van der Waals surface area contributed by atoms with Gasteiger partial charge in [0.15, 0.2) is 5.16 Å². The molecule has 166 valence electrons. The van der Waals surface area contributed by atoms with Gasteiger partial charge >= 0.3 is 0 Å². The van der Waals surface area contributed by atoms with E-state index in [-0.39, 0.29) is 0 Å². The number of hydrogen-bond donors (Lipinski definition) is 1. The molecular weight excluding hydrogens is 400 g/mol. The van der Waals surface area contributed by atoms with Crippen LogP contribution in [0, 0.1) is 0 Å². The molecule has 0 radical (unpaired) electrons. The van der Waals surface area contributed by atoms with Crippen LogP contribution in [0.5, 0.6) is 0 Å². The maximum Gasteiger partial charge on any atom is 0.168 e. The van der Waals surface area contributed by atoms with Crippen LogP contribution >= 0.6 is 11.8 Å². The first-order valence-electron chi connectivity index (χ1n) is 11.8. The normalized spacial score (nSPS) is 12.2. The van der Waals surface area contributed by atoms with E-state index in [4.69, 9.17) is 4.98 Å². The van der Waals surface area contributed by atoms with Crippen molar-refractivity contribution in [2.45, 2.75) is 76.1 Å². The quantitative estimate of drug-likeness (QED) is 0.210. The summed E-state index contributed by atoms with van der Waals surface area (Å²) in [6.45, 7) is 2.78. The SMILES string of the molecule is CCCCCCCCCCSc1nc(-c2ccccc2)cn1CC(O)c1ccccc1. The second-order valence-electron chi connectivity index (χ2n) is 8.18. The smallest absolute Gasteiger partial charge is 0.168 e. The third-order valence-corrected chi connectivity index (χ3v) is 6.67. The molecule has 1 aromatic heterocycles. The molecule has 0 spiro atoms. The number of unbranched alkanes of at least 4 members (excludes halogenated alkanes) is 7. The van der Waals surface area contributed by atoms with E-state index < -0.39 is 6.10 Å². The molecule has 1 unspecified atom stereocenters. The molecule has 1 heterocycles. The van der Waals surface area contributed by atoms with Crippen molar-refractivity contribution < 1.29 is 5.11 Å². The standard InChI is InChI=1S/C27H36N2OS/c1-2-3-4-5-6-7-8-15-20-31-27-28-25(23-16-11-9-12-17-23)21-29(27)22-26(30)24-18-13-10-14-19-24/h9-14,16-19,21,26,30H,2-8,15,20,22H2,1H3. The summed E-state index contributed by atoms with van der Waals surface area (Å²) < 4.78 is 2.12. The Balaban J connectivity index is 1.57. The van der Waals surface area contributed by atoms with Crippen molar-refractivity contribution in [1.29, 1.82) is 0 Å². The fraction of sp³-hybridized carbons (Fsp3) is 0.444. The molecule has 4 heteroatoms. The molecule has 0 aliphatic heterocycles. The van der Waals surface area contributed by atoms with Crippen molar-refractivity contribution in [3.8, 4) is 11.3 Å². The molecule has 0 amide bonds. The van der Waals surface area contributed by atoms with Crippen LogP contribution in [0.15, 0.2) is 72.0 Å². The van der Waals surface area contributed by atoms with Crippen LogP contribution in [-0.4, -0.2) is 20.4 Å². The van der Waals surface area contributed by atoms with Crippen LogP contribution in [0.3, 0.4) is 0 Å². The molecule has 1 N–H and O–H groups in total. The fourth-order valence-corrected chi connectivity index (χ4v) is 4.75. The first-order chi connectivity index (χ1) is 15.3. The van der Waals surface area contributed by atoms with Crippen molar-refractivity contribution >= 4 is 11.8 Å². The van der Waals surface area contributed by atoms with Gasteiger partial charge in [-0.1, -0.05) is 124 Å². The Morgan fingerprint density at radius 1 is 0.839 bits per heavy atom. The minimum atomic E-state index is -0.540. The van der Waals surface area contributed by atoms with Crippen molar-refractivity contribution in [2.24, 2.45) is 0 Å². The van der Waals surface area contributed by atoms with E-state index in [0.29, 0.717) is 6.54 Å². The van der Waals surface area contributed by atoms with E-state index in [1.165, 1.54) is 51.4 Å². The summed E-state index contributed by atoms with van der Waals surface area (Å²) in [7, 11) is 0. The summed E-state index contributed by atoms with van der Waals surface area (Å²) in [6, 6.07) is 20.2. The van der Waals surface area contributed by atoms with Crippen molar-refractivity contribution in [3.05, 3.63) is 72.4 Å². The number of thioether (sulfide) groups is 1. The van der Waals surface area contributed by atoms with E-state index in [1.54, 1.807) is 0 Å². The fourth-order valence-electron chi connectivity index (χ4n) is 3.76. The Labute approximate surface area is 191 Å². The predicted molar refractivity (Wildman–Crippen MR) is 132 cm³/mol. The van der Waals surface area contributed by atoms with Gasteiger partial charge in [-0.05, 0) is 12.0 Å². The largest absolute Gasteiger partial charge is 0.387 e. The Hall–Kier alpha value is -2.04. The molecule has 0 bridgehead atoms. The molecule has 0 saturated carbocycles. The molecule has 0 aliphatic carbocycles. The van der Waals surface area contributed by atoms with Crippen LogP contribution in [0.1, 0.15) is 70.0 Å². The highest BCUT2D eigenvalue weighted by Gasteiger charge is 2.14. The minimum absolute atomic E-state index is 0.517. The van der Waals surface area contributed by atoms with Gasteiger partial charge in [-0.2, -0.15) is 0 Å². The average molecular weight is 437 g/mol. The number of aliphatic hydroxyl groups is 1. The Morgan fingerprint density at radius 3 is 2.13 bits per heavy atom. The van der Waals surface area contributed by atoms with Crippen molar-refractivity contribution in [2.75, 3.05) is 5.75 Å². The number of rotatable bonds is 14. The van der Waals surface area contributed by atoms with Crippen LogP contribution in [0.2, 0.25) is 0 Å². The van der Waals surface area contributed by atoms with E-state index >= 15 is 0 Å². The summed E-state index contributed by atoms with van der Waals surface area (Å²) in [5.41, 5.74) is 3.03. The van der Waals surface area contributed by atoms with Gasteiger partial charge in [0.1, 0.15) is 0 Å². The van der Waals surface area contributed by atoms with Crippen LogP contribution < -0.4 is 0 Å². The number of nitrogens with zero attached hydrogens (tertiary/aromatic N) is 2. The lowest BCUT2D eigenvalue weighted by atomic mass is 10.1. The summed E-state index contributed by atoms with van der Waals surface area (Å²) in [5.74, 6) is 1.07. The third kappa shape index (κ3) is 7.86. The molecular formula is C27H36N2OS. The molecule has 2 aromatic carbocycles. The van der Waals surface area contributed by atoms with Gasteiger partial charge in [0.05, 0.1) is 18.3 Å². The Kier molecular flexibility index (Phi) is 10.2. The Bertz CT molecular complexity index is 863. The first kappa shape index (κ1) is 23.6. The van der Waals surface area contributed by atoms with Gasteiger partial charge in [0, 0.05) is 17.5 Å². The molecule has 3 rings (SSSR count). The topological polar surface area (TPSA) is 38.0 Å². The monoisotopic (exact) mass is 436 g/mol. The lowest BCUT2D eigenvalue weighted by Crippen LogP contribution is -2.09. The zero-order chi connectivity index (χ0) is 21.7. The number of hydrogen-bond acceptors (Lipinski definition) is 3. The first-order valence-corrected chi connectivity index (χ1v) is 12.7. The molecule has 3 nitrogen and oxygen atoms in total. The van der Waals surface area contributed by atoms with Crippen LogP contribution in [0.4, 0.5) is 0 Å². The summed E-state index contributed by atoms with van der Waals surface area (Å²) in [4.78, 5) is 4.91. The summed E-state index contributed by atoms with van der Waals surface area (Å²) >= 11 is 1.81. The number of benzene rings is 2. The summed E-state index contributed by atoms with van der Waals surface area (Å²) in [5, 5.41) is 11.7. The molecule has 31 heavy (non-hydrogen) atoms. The molecule has 0 fully saturated rings. The van der Waals surface area contributed by atoms with Gasteiger partial charge in [0.2, 0.25) is 0 Å². The van der Waals surface area contributed by atoms with Gasteiger partial charge in [0.25, 0.3) is 0 Å². The van der Waals surface area contributed by atoms with Gasteiger partial charge in [-0.15, -0.1) is 0 Å². The number of aliphatic hydroxyl groups excluding tert-OH is 1. The second kappa shape index (κ2) is 13.4. The van der Waals surface area contributed by atoms with E-state index in [0.717, 1.165) is 27.7 Å². The van der Waals surface area contributed by atoms with E-state index in [9.17, 15) is 5.11 Å². The zero-order valence-corrected chi connectivity index (χ0v) is 19.6. The predicted octanol–water partition coefficient (Wildman–Crippen LogP) is 7.52. The van der Waals surface area contributed by atoms with Gasteiger partial charge < -0.3 is 9.67 Å². The lowest BCUT2D eigenvalue weighted by molar-refractivity contribution is 0.153. The highest BCUT2D eigenvalue weighted by atomic mass is 32.2. The maximum absolute atomic E-state index is 10.8. The molecule has 0 aliphatic rings. The molecule has 0 saturated heterocycles. The van der Waals surface area contributed by atoms with Gasteiger partial charge in [-0.25, -0.2) is 4.98 Å². The average Bonchev–Trinajstić information content (AvgIpc) is 3.21. The number of imidazole rings is 1. The lowest BCUT2D eigenvalue weighted by Gasteiger charge is -2.13. The van der Waals surface area contributed by atoms with Gasteiger partial charge in [-0.3, -0.25) is 0 Å². The highest BCUT2D eigenvalue weighted by molar-refractivity contribution is 7.99. The molecule has 1 atom stereocenters. The zero-order valence-electron chi connectivity index (χ0n) is 18.7.